The van der Waals surface area contributed by atoms with Crippen LogP contribution in [0, 0.1) is 0 Å². The highest BCUT2D eigenvalue weighted by molar-refractivity contribution is 4.64. The van der Waals surface area contributed by atoms with Crippen LogP contribution in [0.1, 0.15) is 38.5 Å². The van der Waals surface area contributed by atoms with E-state index in [2.05, 4.69) is 0 Å². The molecule has 0 aromatic heterocycles. The van der Waals surface area contributed by atoms with Crippen molar-refractivity contribution < 1.29 is 4.74 Å². The summed E-state index contributed by atoms with van der Waals surface area (Å²) in [6, 6.07) is 0. The van der Waals surface area contributed by atoms with E-state index in [0.29, 0.717) is 12.6 Å². The Morgan fingerprint density at radius 1 is 1.18 bits per heavy atom. The van der Waals surface area contributed by atoms with Crippen LogP contribution in [-0.4, -0.2) is 19.3 Å². The first-order chi connectivity index (χ1) is 5.43. The van der Waals surface area contributed by atoms with Crippen LogP contribution < -0.4 is 5.73 Å². The molecule has 0 amide bonds. The fourth-order valence-electron chi connectivity index (χ4n) is 1.55. The van der Waals surface area contributed by atoms with Crippen molar-refractivity contribution in [2.24, 2.45) is 0 Å². The Morgan fingerprint density at radius 2 is 1.91 bits per heavy atom. The summed E-state index contributed by atoms with van der Waals surface area (Å²) in [5.41, 5.74) is 6.94. The zero-order chi connectivity index (χ0) is 7.94. The van der Waals surface area contributed by atoms with E-state index in [-0.39, 0.29) is 0 Å². The van der Waals surface area contributed by atoms with Gasteiger partial charge in [-0.05, 0) is 19.3 Å². The van der Waals surface area contributed by atoms with E-state index in [1.54, 1.807) is 0 Å². The maximum Gasteiger partial charge on any atom is 0.0575 e. The maximum absolute atomic E-state index is 6.94. The predicted molar refractivity (Wildman–Crippen MR) is 45.4 cm³/mol. The van der Waals surface area contributed by atoms with Gasteiger partial charge in [0.05, 0.1) is 6.10 Å². The molecule has 0 aliphatic heterocycles. The summed E-state index contributed by atoms with van der Waals surface area (Å²) >= 11 is 0. The number of hydrogen-bond acceptors (Lipinski definition) is 1. The minimum absolute atomic E-state index is 0.507. The molecule has 1 fully saturated rings. The third kappa shape index (κ3) is 3.73. The van der Waals surface area contributed by atoms with Crippen molar-refractivity contribution in [1.82, 2.24) is 5.73 Å². The largest absolute Gasteiger partial charge is 0.378 e. The molecule has 0 aromatic carbocycles. The van der Waals surface area contributed by atoms with Gasteiger partial charge in [-0.2, -0.15) is 0 Å². The van der Waals surface area contributed by atoms with Crippen LogP contribution in [0.5, 0.6) is 0 Å². The molecule has 1 N–H and O–H groups in total. The number of nitrogens with one attached hydrogen (secondary N) is 1. The second-order valence-corrected chi connectivity index (χ2v) is 3.23. The summed E-state index contributed by atoms with van der Waals surface area (Å²) in [7, 11) is 0. The van der Waals surface area contributed by atoms with Crippen LogP contribution in [0.3, 0.4) is 0 Å². The third-order valence-corrected chi connectivity index (χ3v) is 2.23. The van der Waals surface area contributed by atoms with Gasteiger partial charge >= 0.3 is 0 Å². The molecule has 0 spiro atoms. The third-order valence-electron chi connectivity index (χ3n) is 2.23. The molecule has 2 nitrogen and oxygen atoms in total. The van der Waals surface area contributed by atoms with Crippen LogP contribution >= 0.6 is 0 Å². The molecule has 65 valence electrons. The number of rotatable bonds is 4. The first kappa shape index (κ1) is 9.01. The van der Waals surface area contributed by atoms with Crippen molar-refractivity contribution in [3.63, 3.8) is 0 Å². The minimum atomic E-state index is 0.507. The quantitative estimate of drug-likeness (QED) is 0.573. The van der Waals surface area contributed by atoms with Crippen LogP contribution in [-0.2, 0) is 4.74 Å². The molecule has 0 atom stereocenters. The highest BCUT2D eigenvalue weighted by Gasteiger charge is 2.12. The molecule has 0 saturated heterocycles. The Labute approximate surface area is 69.1 Å². The summed E-state index contributed by atoms with van der Waals surface area (Å²) in [5.74, 6) is 0. The lowest BCUT2D eigenvalue weighted by Crippen LogP contribution is -2.17. The topological polar surface area (TPSA) is 33.0 Å². The molecule has 1 aliphatic carbocycles. The number of ether oxygens (including phenoxy) is 1. The van der Waals surface area contributed by atoms with E-state index in [9.17, 15) is 0 Å². The van der Waals surface area contributed by atoms with Gasteiger partial charge in [-0.1, -0.05) is 19.3 Å². The zero-order valence-electron chi connectivity index (χ0n) is 7.14. The molecular weight excluding hydrogens is 138 g/mol. The van der Waals surface area contributed by atoms with E-state index in [1.807, 2.05) is 0 Å². The SMILES string of the molecule is [NH]CCCOC1CCCCC1. The van der Waals surface area contributed by atoms with E-state index in [0.717, 1.165) is 13.0 Å². The summed E-state index contributed by atoms with van der Waals surface area (Å²) in [6.07, 6.45) is 7.98. The summed E-state index contributed by atoms with van der Waals surface area (Å²) in [6.45, 7) is 1.31. The van der Waals surface area contributed by atoms with Crippen LogP contribution in [0.15, 0.2) is 0 Å². The van der Waals surface area contributed by atoms with Crippen molar-refractivity contribution in [2.45, 2.75) is 44.6 Å². The van der Waals surface area contributed by atoms with Crippen LogP contribution in [0.4, 0.5) is 0 Å². The first-order valence-corrected chi connectivity index (χ1v) is 4.69. The number of hydrogen-bond donors (Lipinski definition) is 0. The Kier molecular flexibility index (Phi) is 4.55. The van der Waals surface area contributed by atoms with Gasteiger partial charge in [-0.25, -0.2) is 0 Å². The highest BCUT2D eigenvalue weighted by Crippen LogP contribution is 2.20. The van der Waals surface area contributed by atoms with Crippen molar-refractivity contribution in [3.8, 4) is 0 Å². The molecule has 1 radical (unpaired) electrons. The Morgan fingerprint density at radius 3 is 2.55 bits per heavy atom. The molecule has 11 heavy (non-hydrogen) atoms. The highest BCUT2D eigenvalue weighted by atomic mass is 16.5. The van der Waals surface area contributed by atoms with E-state index in [4.69, 9.17) is 10.5 Å². The molecule has 1 saturated carbocycles. The smallest absolute Gasteiger partial charge is 0.0575 e. The van der Waals surface area contributed by atoms with Crippen LogP contribution in [0.2, 0.25) is 0 Å². The molecule has 0 aromatic rings. The van der Waals surface area contributed by atoms with Gasteiger partial charge in [0.1, 0.15) is 0 Å². The average Bonchev–Trinajstić information content (AvgIpc) is 2.07. The standard InChI is InChI=1S/C9H18NO/c10-7-4-8-11-9-5-2-1-3-6-9/h9-10H,1-8H2. The lowest BCUT2D eigenvalue weighted by Gasteiger charge is -2.21. The average molecular weight is 156 g/mol. The van der Waals surface area contributed by atoms with Gasteiger partial charge < -0.3 is 4.74 Å². The fraction of sp³-hybridized carbons (Fsp3) is 1.00. The second kappa shape index (κ2) is 5.56. The molecule has 2 heteroatoms. The van der Waals surface area contributed by atoms with Crippen molar-refractivity contribution in [2.75, 3.05) is 13.2 Å². The minimum Gasteiger partial charge on any atom is -0.378 e. The van der Waals surface area contributed by atoms with Crippen LogP contribution in [0.25, 0.3) is 0 Å². The molecule has 0 unspecified atom stereocenters. The zero-order valence-corrected chi connectivity index (χ0v) is 7.14. The van der Waals surface area contributed by atoms with Gasteiger partial charge in [0.15, 0.2) is 0 Å². The van der Waals surface area contributed by atoms with Crippen molar-refractivity contribution in [1.29, 1.82) is 0 Å². The lowest BCUT2D eigenvalue weighted by atomic mass is 9.98. The summed E-state index contributed by atoms with van der Waals surface area (Å²) in [4.78, 5) is 0. The van der Waals surface area contributed by atoms with Gasteiger partial charge in [0.25, 0.3) is 0 Å². The Bertz CT molecular complexity index is 89.6. The Balaban J connectivity index is 1.96. The molecule has 0 heterocycles. The molecule has 1 rings (SSSR count). The predicted octanol–water partition coefficient (Wildman–Crippen LogP) is 2.01. The monoisotopic (exact) mass is 156 g/mol. The second-order valence-electron chi connectivity index (χ2n) is 3.23. The van der Waals surface area contributed by atoms with E-state index < -0.39 is 0 Å². The maximum atomic E-state index is 6.94. The van der Waals surface area contributed by atoms with E-state index >= 15 is 0 Å². The van der Waals surface area contributed by atoms with Gasteiger partial charge in [0.2, 0.25) is 0 Å². The van der Waals surface area contributed by atoms with Crippen molar-refractivity contribution >= 4 is 0 Å². The first-order valence-electron chi connectivity index (χ1n) is 4.69. The summed E-state index contributed by atoms with van der Waals surface area (Å²) < 4.78 is 5.60. The normalized spacial score (nSPS) is 20.5. The van der Waals surface area contributed by atoms with E-state index in [1.165, 1.54) is 32.1 Å². The summed E-state index contributed by atoms with van der Waals surface area (Å²) in [5, 5.41) is 0. The molecule has 0 bridgehead atoms. The van der Waals surface area contributed by atoms with Gasteiger partial charge in [-0.15, -0.1) is 0 Å². The molecule has 1 aliphatic rings. The fourth-order valence-corrected chi connectivity index (χ4v) is 1.55. The molecular formula is C9H18NO. The van der Waals surface area contributed by atoms with Crippen molar-refractivity contribution in [3.05, 3.63) is 0 Å². The lowest BCUT2D eigenvalue weighted by molar-refractivity contribution is 0.0279. The van der Waals surface area contributed by atoms with Gasteiger partial charge in [-0.3, -0.25) is 5.73 Å². The van der Waals surface area contributed by atoms with Gasteiger partial charge in [0, 0.05) is 13.2 Å². The Hall–Kier alpha value is -0.0800.